The van der Waals surface area contributed by atoms with Crippen LogP contribution < -0.4 is 0 Å². The number of benzene rings is 4. The molecule has 2 heterocycles. The van der Waals surface area contributed by atoms with E-state index < -0.39 is 0 Å². The summed E-state index contributed by atoms with van der Waals surface area (Å²) in [7, 11) is 0. The largest absolute Gasteiger partial charge is 0.316 e. The van der Waals surface area contributed by atoms with Crippen molar-refractivity contribution in [3.8, 4) is 28.3 Å². The van der Waals surface area contributed by atoms with Gasteiger partial charge in [0.15, 0.2) is 5.69 Å². The molecule has 0 atom stereocenters. The molecule has 5 nitrogen and oxygen atoms in total. The second-order valence-corrected chi connectivity index (χ2v) is 9.39. The van der Waals surface area contributed by atoms with Gasteiger partial charge in [-0.2, -0.15) is 5.26 Å². The fraction of sp³-hybridized carbons (Fsp3) is 0.0588. The van der Waals surface area contributed by atoms with Crippen molar-refractivity contribution in [3.05, 3.63) is 130 Å². The van der Waals surface area contributed by atoms with Gasteiger partial charge in [0.25, 0.3) is 0 Å². The average molecular weight is 498 g/mol. The maximum absolute atomic E-state index is 10.4. The molecule has 0 unspecified atom stereocenters. The zero-order valence-corrected chi connectivity index (χ0v) is 21.2. The van der Waals surface area contributed by atoms with Gasteiger partial charge in [-0.1, -0.05) is 72.8 Å². The van der Waals surface area contributed by atoms with Gasteiger partial charge < -0.3 is 4.40 Å². The topological polar surface area (TPSA) is 41.3 Å². The van der Waals surface area contributed by atoms with Crippen LogP contribution in [0.1, 0.15) is 16.7 Å². The van der Waals surface area contributed by atoms with Crippen molar-refractivity contribution < 1.29 is 0 Å². The zero-order chi connectivity index (χ0) is 27.3. The van der Waals surface area contributed by atoms with Gasteiger partial charge in [0.1, 0.15) is 0 Å². The van der Waals surface area contributed by atoms with Gasteiger partial charge >= 0.3 is 0 Å². The van der Waals surface area contributed by atoms with Crippen molar-refractivity contribution >= 4 is 44.3 Å². The van der Waals surface area contributed by atoms with E-state index in [1.54, 1.807) is 0 Å². The van der Waals surface area contributed by atoms with Crippen LogP contribution in [0.25, 0.3) is 64.0 Å². The molecule has 0 aliphatic rings. The van der Waals surface area contributed by atoms with E-state index >= 15 is 0 Å². The van der Waals surface area contributed by atoms with Crippen molar-refractivity contribution in [2.24, 2.45) is 0 Å². The molecule has 0 radical (unpaired) electrons. The lowest BCUT2D eigenvalue weighted by Crippen LogP contribution is -1.99. The Morgan fingerprint density at radius 2 is 1.31 bits per heavy atom. The van der Waals surface area contributed by atoms with Crippen LogP contribution in [0.4, 0.5) is 17.1 Å². The van der Waals surface area contributed by atoms with Crippen molar-refractivity contribution in [1.82, 2.24) is 4.40 Å². The summed E-state index contributed by atoms with van der Waals surface area (Å²) >= 11 is 0. The molecule has 0 bridgehead atoms. The van der Waals surface area contributed by atoms with E-state index in [2.05, 4.69) is 45.7 Å². The molecule has 180 valence electrons. The van der Waals surface area contributed by atoms with Crippen LogP contribution in [0.5, 0.6) is 0 Å². The highest BCUT2D eigenvalue weighted by Crippen LogP contribution is 2.53. The highest BCUT2D eigenvalue weighted by atomic mass is 14.9. The molecule has 0 saturated heterocycles. The minimum absolute atomic E-state index is 0.0749. The van der Waals surface area contributed by atoms with E-state index in [1.807, 2.05) is 72.1 Å². The van der Waals surface area contributed by atoms with Gasteiger partial charge in [-0.05, 0) is 52.6 Å². The maximum Gasteiger partial charge on any atom is 0.203 e. The van der Waals surface area contributed by atoms with Crippen LogP contribution in [0.3, 0.4) is 0 Å². The van der Waals surface area contributed by atoms with Crippen LogP contribution in [0.15, 0.2) is 79.0 Å². The van der Waals surface area contributed by atoms with Gasteiger partial charge in [-0.15, -0.1) is 0 Å². The van der Waals surface area contributed by atoms with Crippen LogP contribution in [0, 0.1) is 44.9 Å². The first kappa shape index (κ1) is 23.5. The van der Waals surface area contributed by atoms with E-state index in [1.165, 1.54) is 0 Å². The smallest absolute Gasteiger partial charge is 0.203 e. The number of nitrogens with zero attached hydrogens (tertiary/aromatic N) is 5. The molecular formula is C34H19N5. The van der Waals surface area contributed by atoms with E-state index in [4.69, 9.17) is 19.7 Å². The molecule has 0 fully saturated rings. The normalized spacial score (nSPS) is 10.7. The van der Waals surface area contributed by atoms with E-state index in [0.717, 1.165) is 49.7 Å². The Hall–Kier alpha value is -5.88. The number of aryl methyl sites for hydroxylation is 2. The summed E-state index contributed by atoms with van der Waals surface area (Å²) < 4.78 is 1.94. The lowest BCUT2D eigenvalue weighted by atomic mass is 9.86. The zero-order valence-electron chi connectivity index (χ0n) is 21.2. The molecule has 0 saturated carbocycles. The Morgan fingerprint density at radius 1 is 0.692 bits per heavy atom. The molecular weight excluding hydrogens is 478 g/mol. The van der Waals surface area contributed by atoms with E-state index in [-0.39, 0.29) is 22.6 Å². The second-order valence-electron chi connectivity index (χ2n) is 9.39. The first-order valence-electron chi connectivity index (χ1n) is 12.3. The fourth-order valence-corrected chi connectivity index (χ4v) is 5.78. The highest BCUT2D eigenvalue weighted by molar-refractivity contribution is 6.20. The highest BCUT2D eigenvalue weighted by Gasteiger charge is 2.28. The Balaban J connectivity index is 1.98. The molecule has 5 heteroatoms. The third-order valence-electron chi connectivity index (χ3n) is 7.42. The summed E-state index contributed by atoms with van der Waals surface area (Å²) in [6.45, 7) is 28.0. The van der Waals surface area contributed by atoms with E-state index in [0.29, 0.717) is 10.9 Å². The third kappa shape index (κ3) is 3.22. The van der Waals surface area contributed by atoms with E-state index in [9.17, 15) is 5.26 Å². The van der Waals surface area contributed by atoms with Crippen LogP contribution in [-0.4, -0.2) is 4.40 Å². The number of pyridine rings is 1. The van der Waals surface area contributed by atoms with Crippen molar-refractivity contribution in [3.63, 3.8) is 0 Å². The number of aromatic nitrogens is 1. The van der Waals surface area contributed by atoms with Gasteiger partial charge in [-0.3, -0.25) is 14.5 Å². The van der Waals surface area contributed by atoms with Crippen molar-refractivity contribution in [2.45, 2.75) is 13.8 Å². The SMILES string of the molecule is [C-]#[N+]c1c([N+]#[C-])c(C#N)c2c(c1[N+]#[C-])c(-c1ccccc1-c1ccccc1C)c(C)c1c3ccccc3cn21. The summed E-state index contributed by atoms with van der Waals surface area (Å²) in [6.07, 6.45) is 1.96. The lowest BCUT2D eigenvalue weighted by molar-refractivity contribution is 1.25. The quantitative estimate of drug-likeness (QED) is 0.220. The average Bonchev–Trinajstić information content (AvgIpc) is 3.36. The summed E-state index contributed by atoms with van der Waals surface area (Å²) in [5.41, 5.74) is 7.25. The minimum atomic E-state index is -0.0768. The van der Waals surface area contributed by atoms with Gasteiger partial charge in [-0.25, -0.2) is 0 Å². The molecule has 39 heavy (non-hydrogen) atoms. The molecule has 0 amide bonds. The number of hydrogen-bond donors (Lipinski definition) is 0. The summed E-state index contributed by atoms with van der Waals surface area (Å²) in [5, 5.41) is 12.9. The standard InChI is InChI=1S/C34H19N5/c1-20-12-6-8-14-23(20)25-16-10-11-17-26(25)28-21(2)33-24-15-9-7-13-22(24)19-39(33)34-27(18-35)30(36-3)32(38-5)31(37-4)29(28)34/h6-17,19H,1-2H3. The first-order chi connectivity index (χ1) is 19.0. The maximum atomic E-state index is 10.4. The van der Waals surface area contributed by atoms with Crippen LogP contribution in [-0.2, 0) is 0 Å². The molecule has 0 aliphatic heterocycles. The number of rotatable bonds is 2. The fourth-order valence-electron chi connectivity index (χ4n) is 5.78. The molecule has 0 aliphatic carbocycles. The third-order valence-corrected chi connectivity index (χ3v) is 7.42. The molecule has 6 rings (SSSR count). The number of nitriles is 1. The van der Waals surface area contributed by atoms with Gasteiger partial charge in [0.2, 0.25) is 11.4 Å². The predicted octanol–water partition coefficient (Wildman–Crippen LogP) is 9.72. The lowest BCUT2D eigenvalue weighted by Gasteiger charge is -2.21. The summed E-state index contributed by atoms with van der Waals surface area (Å²) in [4.78, 5) is 11.0. The molecule has 0 N–H and O–H groups in total. The Kier molecular flexibility index (Phi) is 5.37. The monoisotopic (exact) mass is 497 g/mol. The number of hydrogen-bond acceptors (Lipinski definition) is 1. The molecule has 0 spiro atoms. The molecule has 2 aromatic heterocycles. The van der Waals surface area contributed by atoms with Crippen molar-refractivity contribution in [1.29, 1.82) is 5.26 Å². The molecule has 4 aromatic carbocycles. The van der Waals surface area contributed by atoms with Crippen molar-refractivity contribution in [2.75, 3.05) is 0 Å². The predicted molar refractivity (Wildman–Crippen MR) is 156 cm³/mol. The first-order valence-corrected chi connectivity index (χ1v) is 12.3. The van der Waals surface area contributed by atoms with Gasteiger partial charge in [0, 0.05) is 22.5 Å². The Labute approximate surface area is 225 Å². The molecule has 6 aromatic rings. The van der Waals surface area contributed by atoms with Gasteiger partial charge in [0.05, 0.1) is 36.9 Å². The number of fused-ring (bicyclic) bond motifs is 5. The summed E-state index contributed by atoms with van der Waals surface area (Å²) in [6, 6.07) is 26.4. The Bertz CT molecular complexity index is 2190. The van der Waals surface area contributed by atoms with Crippen LogP contribution in [0.2, 0.25) is 0 Å². The minimum Gasteiger partial charge on any atom is -0.316 e. The van der Waals surface area contributed by atoms with Crippen LogP contribution >= 0.6 is 0 Å². The summed E-state index contributed by atoms with van der Waals surface area (Å²) in [5.74, 6) is 0. The Morgan fingerprint density at radius 3 is 1.97 bits per heavy atom. The second kappa shape index (κ2) is 8.90.